The normalized spacial score (nSPS) is 22.5. The molecule has 2 aromatic carbocycles. The number of methoxy groups -OCH3 is 2. The van der Waals surface area contributed by atoms with Crippen LogP contribution >= 0.6 is 0 Å². The van der Waals surface area contributed by atoms with E-state index < -0.39 is 0 Å². The fourth-order valence-corrected chi connectivity index (χ4v) is 4.45. The molecule has 164 valence electrons. The van der Waals surface area contributed by atoms with Crippen molar-refractivity contribution < 1.29 is 28.5 Å². The molecule has 0 saturated carbocycles. The molecule has 2 saturated heterocycles. The Balaban J connectivity index is 1.47. The molecule has 7 nitrogen and oxygen atoms in total. The van der Waals surface area contributed by atoms with Gasteiger partial charge in [0.15, 0.2) is 5.78 Å². The highest BCUT2D eigenvalue weighted by atomic mass is 16.6. The van der Waals surface area contributed by atoms with E-state index >= 15 is 0 Å². The predicted molar refractivity (Wildman–Crippen MR) is 113 cm³/mol. The van der Waals surface area contributed by atoms with Crippen molar-refractivity contribution in [3.63, 3.8) is 0 Å². The molecule has 4 rings (SSSR count). The maximum atomic E-state index is 13.4. The zero-order chi connectivity index (χ0) is 21.8. The predicted octanol–water partition coefficient (Wildman–Crippen LogP) is 3.70. The Labute approximate surface area is 181 Å². The van der Waals surface area contributed by atoms with Crippen LogP contribution in [0.25, 0.3) is 0 Å². The maximum absolute atomic E-state index is 13.4. The zero-order valence-electron chi connectivity index (χ0n) is 17.8. The molecule has 2 atom stereocenters. The first-order valence-corrected chi connectivity index (χ1v) is 10.4. The third-order valence-electron chi connectivity index (χ3n) is 5.98. The summed E-state index contributed by atoms with van der Waals surface area (Å²) in [7, 11) is 3.11. The van der Waals surface area contributed by atoms with Gasteiger partial charge in [-0.15, -0.1) is 0 Å². The number of nitrogens with zero attached hydrogens (tertiary/aromatic N) is 1. The topological polar surface area (TPSA) is 74.3 Å². The van der Waals surface area contributed by atoms with Crippen LogP contribution in [0.5, 0.6) is 11.5 Å². The zero-order valence-corrected chi connectivity index (χ0v) is 17.8. The summed E-state index contributed by atoms with van der Waals surface area (Å²) in [5, 5.41) is 0. The van der Waals surface area contributed by atoms with Crippen LogP contribution in [0.2, 0.25) is 0 Å². The molecule has 7 heteroatoms. The first kappa shape index (κ1) is 21.2. The minimum atomic E-state index is -0.355. The summed E-state index contributed by atoms with van der Waals surface area (Å²) >= 11 is 0. The second kappa shape index (κ2) is 9.39. The van der Waals surface area contributed by atoms with E-state index in [1.165, 1.54) is 0 Å². The van der Waals surface area contributed by atoms with Crippen molar-refractivity contribution in [2.24, 2.45) is 5.92 Å². The average Bonchev–Trinajstić information content (AvgIpc) is 2.81. The number of carbonyl (C=O) groups is 2. The van der Waals surface area contributed by atoms with Gasteiger partial charge in [0.25, 0.3) is 0 Å². The van der Waals surface area contributed by atoms with E-state index in [1.54, 1.807) is 37.3 Å². The van der Waals surface area contributed by atoms with Gasteiger partial charge < -0.3 is 18.9 Å². The fourth-order valence-electron chi connectivity index (χ4n) is 4.45. The molecule has 0 spiro atoms. The van der Waals surface area contributed by atoms with E-state index in [1.807, 2.05) is 30.3 Å². The van der Waals surface area contributed by atoms with Crippen LogP contribution in [0.15, 0.2) is 48.5 Å². The summed E-state index contributed by atoms with van der Waals surface area (Å²) in [6, 6.07) is 14.4. The minimum Gasteiger partial charge on any atom is -0.497 e. The summed E-state index contributed by atoms with van der Waals surface area (Å²) < 4.78 is 21.9. The number of piperidine rings is 1. The summed E-state index contributed by atoms with van der Waals surface area (Å²) in [6.07, 6.45) is 0.693. The van der Waals surface area contributed by atoms with Crippen molar-refractivity contribution >= 4 is 11.9 Å². The third-order valence-corrected chi connectivity index (χ3v) is 5.98. The number of Topliss-reactive ketones (excluding diaryl/α,β-unsaturated/α-hetero) is 1. The Hall–Kier alpha value is -3.06. The van der Waals surface area contributed by atoms with Gasteiger partial charge in [0.05, 0.1) is 45.1 Å². The molecular formula is C24H27NO6. The lowest BCUT2D eigenvalue weighted by Gasteiger charge is -2.47. The van der Waals surface area contributed by atoms with E-state index in [0.717, 1.165) is 5.56 Å². The van der Waals surface area contributed by atoms with Gasteiger partial charge in [-0.25, -0.2) is 4.79 Å². The highest BCUT2D eigenvalue weighted by Crippen LogP contribution is 2.36. The number of benzene rings is 2. The van der Waals surface area contributed by atoms with Crippen LogP contribution in [-0.2, 0) is 16.1 Å². The number of ketones is 1. The van der Waals surface area contributed by atoms with Gasteiger partial charge in [-0.3, -0.25) is 9.69 Å². The molecule has 31 heavy (non-hydrogen) atoms. The van der Waals surface area contributed by atoms with Gasteiger partial charge >= 0.3 is 6.09 Å². The number of carbonyl (C=O) groups excluding carboxylic acids is 2. The van der Waals surface area contributed by atoms with E-state index in [4.69, 9.17) is 18.9 Å². The van der Waals surface area contributed by atoms with Crippen LogP contribution in [-0.4, -0.2) is 56.3 Å². The highest BCUT2D eigenvalue weighted by molar-refractivity contribution is 6.01. The molecule has 2 bridgehead atoms. The number of fused-ring (bicyclic) bond motifs is 2. The van der Waals surface area contributed by atoms with Crippen molar-refractivity contribution in [3.8, 4) is 11.5 Å². The Kier molecular flexibility index (Phi) is 6.42. The Bertz CT molecular complexity index is 917. The smallest absolute Gasteiger partial charge is 0.410 e. The summed E-state index contributed by atoms with van der Waals surface area (Å²) in [5.74, 6) is 0.912. The number of hydrogen-bond donors (Lipinski definition) is 0. The standard InChI is InChI=1S/C24H27NO6/c1-28-20-8-9-22(29-2)21(12-20)23(26)17-10-18-14-30-15-19(11-17)25(18)24(27)31-13-16-6-4-3-5-7-16/h3-9,12,17-19H,10-11,13-15H2,1-2H3. The fraction of sp³-hybridized carbons (Fsp3) is 0.417. The monoisotopic (exact) mass is 425 g/mol. The number of rotatable bonds is 6. The van der Waals surface area contributed by atoms with Gasteiger partial charge in [-0.1, -0.05) is 30.3 Å². The number of hydrogen-bond acceptors (Lipinski definition) is 6. The largest absolute Gasteiger partial charge is 0.497 e. The molecule has 2 aromatic rings. The Morgan fingerprint density at radius 3 is 2.35 bits per heavy atom. The molecule has 2 unspecified atom stereocenters. The lowest BCUT2D eigenvalue weighted by atomic mass is 9.80. The Morgan fingerprint density at radius 2 is 1.71 bits per heavy atom. The molecule has 0 radical (unpaired) electrons. The molecule has 2 heterocycles. The summed E-state index contributed by atoms with van der Waals surface area (Å²) in [6.45, 7) is 1.02. The summed E-state index contributed by atoms with van der Waals surface area (Å²) in [5.41, 5.74) is 1.44. The molecule has 0 aromatic heterocycles. The first-order valence-electron chi connectivity index (χ1n) is 10.4. The molecule has 2 fully saturated rings. The van der Waals surface area contributed by atoms with E-state index in [9.17, 15) is 9.59 Å². The van der Waals surface area contributed by atoms with Gasteiger partial charge in [-0.05, 0) is 36.6 Å². The SMILES string of the molecule is COc1ccc(OC)c(C(=O)C2CC3COCC(C2)N3C(=O)OCc2ccccc2)c1. The molecule has 0 aliphatic carbocycles. The van der Waals surface area contributed by atoms with Crippen molar-refractivity contribution in [1.82, 2.24) is 4.90 Å². The second-order valence-electron chi connectivity index (χ2n) is 7.89. The van der Waals surface area contributed by atoms with Gasteiger partial charge in [0.2, 0.25) is 0 Å². The van der Waals surface area contributed by atoms with E-state index in [2.05, 4.69) is 0 Å². The van der Waals surface area contributed by atoms with Crippen molar-refractivity contribution in [2.75, 3.05) is 27.4 Å². The molecule has 2 aliphatic heterocycles. The Morgan fingerprint density at radius 1 is 1.00 bits per heavy atom. The third kappa shape index (κ3) is 4.51. The van der Waals surface area contributed by atoms with Crippen LogP contribution in [0.3, 0.4) is 0 Å². The quantitative estimate of drug-likeness (QED) is 0.657. The number of ether oxygens (including phenoxy) is 4. The molecule has 0 N–H and O–H groups in total. The number of morpholine rings is 1. The molecular weight excluding hydrogens is 398 g/mol. The lowest BCUT2D eigenvalue weighted by Crippen LogP contribution is -2.59. The van der Waals surface area contributed by atoms with Gasteiger partial charge in [-0.2, -0.15) is 0 Å². The van der Waals surface area contributed by atoms with E-state index in [-0.39, 0.29) is 36.5 Å². The van der Waals surface area contributed by atoms with Crippen LogP contribution in [0, 0.1) is 5.92 Å². The van der Waals surface area contributed by atoms with Gasteiger partial charge in [0, 0.05) is 5.92 Å². The van der Waals surface area contributed by atoms with Crippen molar-refractivity contribution in [1.29, 1.82) is 0 Å². The highest BCUT2D eigenvalue weighted by Gasteiger charge is 2.44. The van der Waals surface area contributed by atoms with E-state index in [0.29, 0.717) is 43.1 Å². The lowest BCUT2D eigenvalue weighted by molar-refractivity contribution is -0.0755. The van der Waals surface area contributed by atoms with Crippen LogP contribution in [0.1, 0.15) is 28.8 Å². The summed E-state index contributed by atoms with van der Waals surface area (Å²) in [4.78, 5) is 28.0. The minimum absolute atomic E-state index is 0.00459. The molecule has 1 amide bonds. The van der Waals surface area contributed by atoms with Gasteiger partial charge in [0.1, 0.15) is 18.1 Å². The van der Waals surface area contributed by atoms with Crippen molar-refractivity contribution in [2.45, 2.75) is 31.5 Å². The first-order chi connectivity index (χ1) is 15.1. The number of amides is 1. The average molecular weight is 425 g/mol. The van der Waals surface area contributed by atoms with Crippen LogP contribution < -0.4 is 9.47 Å². The second-order valence-corrected chi connectivity index (χ2v) is 7.89. The van der Waals surface area contributed by atoms with Crippen molar-refractivity contribution in [3.05, 3.63) is 59.7 Å². The maximum Gasteiger partial charge on any atom is 0.410 e. The van der Waals surface area contributed by atoms with Crippen LogP contribution in [0.4, 0.5) is 4.79 Å². The molecule has 2 aliphatic rings.